The fourth-order valence-corrected chi connectivity index (χ4v) is 3.18. The molecule has 0 fully saturated rings. The third kappa shape index (κ3) is 4.71. The van der Waals surface area contributed by atoms with Crippen LogP contribution in [0.25, 0.3) is 0 Å². The molecule has 24 heavy (non-hydrogen) atoms. The topological polar surface area (TPSA) is 51.2 Å². The summed E-state index contributed by atoms with van der Waals surface area (Å²) in [5.74, 6) is -1.84. The summed E-state index contributed by atoms with van der Waals surface area (Å²) >= 11 is 0. The number of benzene rings is 2. The van der Waals surface area contributed by atoms with Gasteiger partial charge in [0.25, 0.3) is 0 Å². The molecule has 2 aromatic rings. The lowest BCUT2D eigenvalue weighted by molar-refractivity contribution is 0.0993. The van der Waals surface area contributed by atoms with Gasteiger partial charge in [0.05, 0.1) is 11.0 Å². The molecule has 0 spiro atoms. The van der Waals surface area contributed by atoms with Crippen LogP contribution in [0, 0.1) is 11.6 Å². The van der Waals surface area contributed by atoms with Crippen molar-refractivity contribution in [2.75, 3.05) is 0 Å². The molecule has 0 atom stereocenters. The Kier molecular flexibility index (Phi) is 5.49. The second kappa shape index (κ2) is 7.21. The zero-order valence-corrected chi connectivity index (χ0v) is 14.2. The first-order chi connectivity index (χ1) is 11.2. The van der Waals surface area contributed by atoms with Gasteiger partial charge in [0.1, 0.15) is 11.6 Å². The van der Waals surface area contributed by atoms with Gasteiger partial charge in [-0.1, -0.05) is 24.3 Å². The number of halogens is 2. The summed E-state index contributed by atoms with van der Waals surface area (Å²) < 4.78 is 50.1. The van der Waals surface area contributed by atoms with Gasteiger partial charge in [0.2, 0.25) is 0 Å². The predicted molar refractivity (Wildman–Crippen MR) is 88.6 cm³/mol. The van der Waals surface area contributed by atoms with Crippen LogP contribution in [0.2, 0.25) is 0 Å². The van der Waals surface area contributed by atoms with E-state index in [4.69, 9.17) is 0 Å². The first-order valence-corrected chi connectivity index (χ1v) is 9.17. The third-order valence-electron chi connectivity index (χ3n) is 3.65. The standard InChI is InChI=1S/C18H18F2O3S/c1-12(2)24(22,23)11-13-3-5-15(6-4-13)18(21)9-14-7-16(19)10-17(20)8-14/h3-8,10,12H,9,11H2,1-2H3. The zero-order chi connectivity index (χ0) is 17.9. The van der Waals surface area contributed by atoms with E-state index < -0.39 is 26.7 Å². The van der Waals surface area contributed by atoms with E-state index in [-0.39, 0.29) is 23.5 Å². The monoisotopic (exact) mass is 352 g/mol. The SMILES string of the molecule is CC(C)S(=O)(=O)Cc1ccc(C(=O)Cc2cc(F)cc(F)c2)cc1. The molecule has 6 heteroatoms. The van der Waals surface area contributed by atoms with Gasteiger partial charge in [0, 0.05) is 18.1 Å². The van der Waals surface area contributed by atoms with Crippen LogP contribution in [-0.4, -0.2) is 19.5 Å². The van der Waals surface area contributed by atoms with Gasteiger partial charge in [-0.2, -0.15) is 0 Å². The molecule has 3 nitrogen and oxygen atoms in total. The Morgan fingerprint density at radius 1 is 0.958 bits per heavy atom. The molecule has 0 saturated carbocycles. The van der Waals surface area contributed by atoms with Crippen LogP contribution in [0.3, 0.4) is 0 Å². The lowest BCUT2D eigenvalue weighted by Gasteiger charge is -2.08. The molecule has 0 amide bonds. The summed E-state index contributed by atoms with van der Waals surface area (Å²) in [6, 6.07) is 9.21. The molecule has 0 saturated heterocycles. The first-order valence-electron chi connectivity index (χ1n) is 7.46. The largest absolute Gasteiger partial charge is 0.294 e. The number of ketones is 1. The Labute approximate surface area is 140 Å². The van der Waals surface area contributed by atoms with Crippen molar-refractivity contribution in [2.24, 2.45) is 0 Å². The first kappa shape index (κ1) is 18.3. The molecular formula is C18H18F2O3S. The van der Waals surface area contributed by atoms with Gasteiger partial charge in [-0.3, -0.25) is 4.79 Å². The van der Waals surface area contributed by atoms with Crippen molar-refractivity contribution in [1.82, 2.24) is 0 Å². The Morgan fingerprint density at radius 2 is 1.50 bits per heavy atom. The number of hydrogen-bond acceptors (Lipinski definition) is 3. The average Bonchev–Trinajstić information content (AvgIpc) is 2.46. The summed E-state index contributed by atoms with van der Waals surface area (Å²) in [4.78, 5) is 12.2. The molecule has 2 aromatic carbocycles. The maximum Gasteiger partial charge on any atom is 0.167 e. The minimum absolute atomic E-state index is 0.0890. The Morgan fingerprint density at radius 3 is 2.00 bits per heavy atom. The molecule has 2 rings (SSSR count). The van der Waals surface area contributed by atoms with Gasteiger partial charge < -0.3 is 0 Å². The lowest BCUT2D eigenvalue weighted by atomic mass is 10.0. The second-order valence-corrected chi connectivity index (χ2v) is 8.49. The molecule has 0 bridgehead atoms. The highest BCUT2D eigenvalue weighted by Gasteiger charge is 2.17. The number of carbonyl (C=O) groups is 1. The van der Waals surface area contributed by atoms with E-state index in [1.807, 2.05) is 0 Å². The maximum absolute atomic E-state index is 13.1. The molecule has 0 aliphatic heterocycles. The Hall–Kier alpha value is -2.08. The van der Waals surface area contributed by atoms with Crippen LogP contribution in [0.1, 0.15) is 35.3 Å². The highest BCUT2D eigenvalue weighted by atomic mass is 32.2. The highest BCUT2D eigenvalue weighted by Crippen LogP contribution is 2.15. The van der Waals surface area contributed by atoms with Gasteiger partial charge in [-0.05, 0) is 37.1 Å². The van der Waals surface area contributed by atoms with E-state index in [9.17, 15) is 22.0 Å². The van der Waals surface area contributed by atoms with Crippen LogP contribution < -0.4 is 0 Å². The second-order valence-electron chi connectivity index (χ2n) is 5.93. The smallest absolute Gasteiger partial charge is 0.167 e. The molecule has 128 valence electrons. The number of sulfone groups is 1. The Balaban J connectivity index is 2.11. The van der Waals surface area contributed by atoms with E-state index in [1.165, 1.54) is 12.1 Å². The summed E-state index contributed by atoms with van der Waals surface area (Å²) in [6.45, 7) is 3.23. The van der Waals surface area contributed by atoms with Crippen LogP contribution in [-0.2, 0) is 22.0 Å². The van der Waals surface area contributed by atoms with Crippen molar-refractivity contribution in [1.29, 1.82) is 0 Å². The molecule has 0 unspecified atom stereocenters. The van der Waals surface area contributed by atoms with Crippen LogP contribution >= 0.6 is 0 Å². The van der Waals surface area contributed by atoms with Gasteiger partial charge in [-0.15, -0.1) is 0 Å². The van der Waals surface area contributed by atoms with E-state index in [0.29, 0.717) is 11.1 Å². The van der Waals surface area contributed by atoms with E-state index in [1.54, 1.807) is 26.0 Å². The fraction of sp³-hybridized carbons (Fsp3) is 0.278. The van der Waals surface area contributed by atoms with Crippen molar-refractivity contribution in [2.45, 2.75) is 31.3 Å². The van der Waals surface area contributed by atoms with Gasteiger partial charge >= 0.3 is 0 Å². The van der Waals surface area contributed by atoms with E-state index in [2.05, 4.69) is 0 Å². The number of Topliss-reactive ketones (excluding diaryl/α,β-unsaturated/α-hetero) is 1. The van der Waals surface area contributed by atoms with Gasteiger partial charge in [-0.25, -0.2) is 17.2 Å². The lowest BCUT2D eigenvalue weighted by Crippen LogP contribution is -2.16. The molecule has 0 heterocycles. The normalized spacial score (nSPS) is 11.7. The zero-order valence-electron chi connectivity index (χ0n) is 13.4. The van der Waals surface area contributed by atoms with E-state index >= 15 is 0 Å². The number of rotatable bonds is 6. The van der Waals surface area contributed by atoms with Crippen LogP contribution in [0.4, 0.5) is 8.78 Å². The third-order valence-corrected chi connectivity index (χ3v) is 5.82. The van der Waals surface area contributed by atoms with Crippen molar-refractivity contribution in [3.63, 3.8) is 0 Å². The average molecular weight is 352 g/mol. The van der Waals surface area contributed by atoms with E-state index in [0.717, 1.165) is 18.2 Å². The summed E-state index contributed by atoms with van der Waals surface area (Å²) in [7, 11) is -3.21. The molecule has 0 radical (unpaired) electrons. The maximum atomic E-state index is 13.1. The quantitative estimate of drug-likeness (QED) is 0.745. The minimum Gasteiger partial charge on any atom is -0.294 e. The van der Waals surface area contributed by atoms with Crippen LogP contribution in [0.5, 0.6) is 0 Å². The minimum atomic E-state index is -3.21. The molecular weight excluding hydrogens is 334 g/mol. The van der Waals surface area contributed by atoms with Gasteiger partial charge in [0.15, 0.2) is 15.6 Å². The molecule has 0 aliphatic carbocycles. The molecule has 0 aromatic heterocycles. The summed E-state index contributed by atoms with van der Waals surface area (Å²) in [5, 5.41) is -0.471. The summed E-state index contributed by atoms with van der Waals surface area (Å²) in [5.41, 5.74) is 1.21. The van der Waals surface area contributed by atoms with Crippen molar-refractivity contribution in [3.05, 3.63) is 70.8 Å². The highest BCUT2D eigenvalue weighted by molar-refractivity contribution is 7.91. The fourth-order valence-electron chi connectivity index (χ4n) is 2.19. The number of hydrogen-bond donors (Lipinski definition) is 0. The van der Waals surface area contributed by atoms with Crippen molar-refractivity contribution in [3.8, 4) is 0 Å². The number of carbonyl (C=O) groups excluding carboxylic acids is 1. The Bertz CT molecular complexity index is 821. The van der Waals surface area contributed by atoms with Crippen molar-refractivity contribution >= 4 is 15.6 Å². The van der Waals surface area contributed by atoms with Crippen molar-refractivity contribution < 1.29 is 22.0 Å². The summed E-state index contributed by atoms with van der Waals surface area (Å²) in [6.07, 6.45) is -0.127. The molecule has 0 aliphatic rings. The predicted octanol–water partition coefficient (Wildman–Crippen LogP) is 3.71. The molecule has 0 N–H and O–H groups in total. The van der Waals surface area contributed by atoms with Crippen LogP contribution in [0.15, 0.2) is 42.5 Å².